The highest BCUT2D eigenvalue weighted by atomic mass is 79.9. The first kappa shape index (κ1) is 13.0. The van der Waals surface area contributed by atoms with E-state index in [1.165, 1.54) is 0 Å². The first-order valence-corrected chi connectivity index (χ1v) is 6.63. The van der Waals surface area contributed by atoms with Gasteiger partial charge < -0.3 is 10.6 Å². The van der Waals surface area contributed by atoms with E-state index in [2.05, 4.69) is 31.5 Å². The van der Waals surface area contributed by atoms with E-state index in [-0.39, 0.29) is 0 Å². The molecule has 1 aromatic carbocycles. The standard InChI is InChI=1S/C13H12BrN3S/c14-11-2-1-3-12(8-11)17-13(18)16-9-10-4-6-15-7-5-10/h1-8H,9H2,(H2,16,17,18). The molecule has 3 nitrogen and oxygen atoms in total. The number of nitrogens with one attached hydrogen (secondary N) is 2. The van der Waals surface area contributed by atoms with E-state index in [0.29, 0.717) is 11.7 Å². The van der Waals surface area contributed by atoms with Crippen LogP contribution in [0.2, 0.25) is 0 Å². The third-order valence-corrected chi connectivity index (χ3v) is 3.02. The smallest absolute Gasteiger partial charge is 0.171 e. The van der Waals surface area contributed by atoms with E-state index >= 15 is 0 Å². The normalized spacial score (nSPS) is 9.83. The average molecular weight is 322 g/mol. The maximum absolute atomic E-state index is 5.23. The molecule has 0 aliphatic rings. The van der Waals surface area contributed by atoms with Crippen molar-refractivity contribution >= 4 is 38.9 Å². The van der Waals surface area contributed by atoms with Gasteiger partial charge in [-0.05, 0) is 48.1 Å². The molecule has 2 rings (SSSR count). The minimum Gasteiger partial charge on any atom is -0.358 e. The summed E-state index contributed by atoms with van der Waals surface area (Å²) in [6.07, 6.45) is 3.53. The molecule has 2 N–H and O–H groups in total. The highest BCUT2D eigenvalue weighted by Gasteiger charge is 1.98. The largest absolute Gasteiger partial charge is 0.358 e. The minimum absolute atomic E-state index is 0.602. The SMILES string of the molecule is S=C(NCc1ccncc1)Nc1cccc(Br)c1. The molecule has 5 heteroatoms. The van der Waals surface area contributed by atoms with Gasteiger partial charge in [0.05, 0.1) is 0 Å². The molecule has 0 saturated carbocycles. The molecule has 0 radical (unpaired) electrons. The second-order valence-electron chi connectivity index (χ2n) is 3.67. The van der Waals surface area contributed by atoms with Crippen molar-refractivity contribution in [1.29, 1.82) is 0 Å². The predicted octanol–water partition coefficient (Wildman–Crippen LogP) is 3.33. The average Bonchev–Trinajstić information content (AvgIpc) is 2.38. The number of anilines is 1. The van der Waals surface area contributed by atoms with Crippen LogP contribution in [-0.2, 0) is 6.54 Å². The zero-order valence-electron chi connectivity index (χ0n) is 9.56. The fraction of sp³-hybridized carbons (Fsp3) is 0.0769. The van der Waals surface area contributed by atoms with Gasteiger partial charge in [-0.3, -0.25) is 4.98 Å². The Bertz CT molecular complexity index is 531. The van der Waals surface area contributed by atoms with Crippen molar-refractivity contribution in [2.75, 3.05) is 5.32 Å². The Kier molecular flexibility index (Phi) is 4.66. The molecule has 0 bridgehead atoms. The lowest BCUT2D eigenvalue weighted by Gasteiger charge is -2.10. The van der Waals surface area contributed by atoms with E-state index in [1.54, 1.807) is 12.4 Å². The summed E-state index contributed by atoms with van der Waals surface area (Å²) < 4.78 is 1.02. The Balaban J connectivity index is 1.86. The van der Waals surface area contributed by atoms with Gasteiger partial charge in [0.15, 0.2) is 5.11 Å². The van der Waals surface area contributed by atoms with Crippen LogP contribution in [0.1, 0.15) is 5.56 Å². The molecular weight excluding hydrogens is 310 g/mol. The molecule has 2 aromatic rings. The third kappa shape index (κ3) is 4.09. The first-order chi connectivity index (χ1) is 8.74. The van der Waals surface area contributed by atoms with E-state index in [0.717, 1.165) is 15.7 Å². The molecule has 1 heterocycles. The summed E-state index contributed by atoms with van der Waals surface area (Å²) in [5.74, 6) is 0. The van der Waals surface area contributed by atoms with E-state index < -0.39 is 0 Å². The Hall–Kier alpha value is -1.46. The molecule has 0 spiro atoms. The van der Waals surface area contributed by atoms with E-state index in [9.17, 15) is 0 Å². The van der Waals surface area contributed by atoms with Crippen LogP contribution in [0, 0.1) is 0 Å². The van der Waals surface area contributed by atoms with Gasteiger partial charge in [0.1, 0.15) is 0 Å². The lowest BCUT2D eigenvalue weighted by molar-refractivity contribution is 0.921. The summed E-state index contributed by atoms with van der Waals surface area (Å²) in [5, 5.41) is 6.87. The van der Waals surface area contributed by atoms with Gasteiger partial charge in [0, 0.05) is 29.1 Å². The maximum Gasteiger partial charge on any atom is 0.171 e. The van der Waals surface area contributed by atoms with Crippen LogP contribution in [0.15, 0.2) is 53.3 Å². The van der Waals surface area contributed by atoms with Gasteiger partial charge in [-0.15, -0.1) is 0 Å². The second kappa shape index (κ2) is 6.47. The van der Waals surface area contributed by atoms with Gasteiger partial charge in [-0.25, -0.2) is 0 Å². The lowest BCUT2D eigenvalue weighted by Crippen LogP contribution is -2.27. The number of rotatable bonds is 3. The summed E-state index contributed by atoms with van der Waals surface area (Å²) in [6.45, 7) is 0.683. The number of thiocarbonyl (C=S) groups is 1. The van der Waals surface area contributed by atoms with Crippen LogP contribution in [0.25, 0.3) is 0 Å². The van der Waals surface area contributed by atoms with E-state index in [1.807, 2.05) is 36.4 Å². The van der Waals surface area contributed by atoms with Crippen LogP contribution in [0.5, 0.6) is 0 Å². The molecule has 0 saturated heterocycles. The van der Waals surface area contributed by atoms with Gasteiger partial charge >= 0.3 is 0 Å². The van der Waals surface area contributed by atoms with Crippen molar-refractivity contribution in [2.45, 2.75) is 6.54 Å². The highest BCUT2D eigenvalue weighted by molar-refractivity contribution is 9.10. The van der Waals surface area contributed by atoms with Crippen molar-refractivity contribution < 1.29 is 0 Å². The molecule has 0 atom stereocenters. The van der Waals surface area contributed by atoms with Crippen LogP contribution >= 0.6 is 28.1 Å². The molecule has 1 aromatic heterocycles. The van der Waals surface area contributed by atoms with Crippen molar-refractivity contribution in [1.82, 2.24) is 10.3 Å². The Morgan fingerprint density at radius 2 is 2.00 bits per heavy atom. The maximum atomic E-state index is 5.23. The Labute approximate surface area is 120 Å². The molecule has 18 heavy (non-hydrogen) atoms. The van der Waals surface area contributed by atoms with Crippen LogP contribution in [0.4, 0.5) is 5.69 Å². The van der Waals surface area contributed by atoms with Gasteiger partial charge in [-0.2, -0.15) is 0 Å². The number of hydrogen-bond donors (Lipinski definition) is 2. The number of halogens is 1. The fourth-order valence-electron chi connectivity index (χ4n) is 1.42. The summed E-state index contributed by atoms with van der Waals surface area (Å²) in [5.41, 5.74) is 2.10. The predicted molar refractivity (Wildman–Crippen MR) is 81.4 cm³/mol. The number of aromatic nitrogens is 1. The van der Waals surface area contributed by atoms with Crippen molar-refractivity contribution in [3.05, 3.63) is 58.8 Å². The topological polar surface area (TPSA) is 37.0 Å². The van der Waals surface area contributed by atoms with Gasteiger partial charge in [-0.1, -0.05) is 22.0 Å². The first-order valence-electron chi connectivity index (χ1n) is 5.43. The lowest BCUT2D eigenvalue weighted by atomic mass is 10.3. The molecule has 0 aliphatic carbocycles. The molecule has 92 valence electrons. The fourth-order valence-corrected chi connectivity index (χ4v) is 2.01. The summed E-state index contributed by atoms with van der Waals surface area (Å²) >= 11 is 8.64. The number of hydrogen-bond acceptors (Lipinski definition) is 2. The minimum atomic E-state index is 0.602. The molecule has 0 amide bonds. The zero-order chi connectivity index (χ0) is 12.8. The summed E-state index contributed by atoms with van der Waals surface area (Å²) in [4.78, 5) is 3.97. The second-order valence-corrected chi connectivity index (χ2v) is 5.00. The Morgan fingerprint density at radius 3 is 2.72 bits per heavy atom. The van der Waals surface area contributed by atoms with Crippen molar-refractivity contribution in [3.63, 3.8) is 0 Å². The van der Waals surface area contributed by atoms with Crippen molar-refractivity contribution in [3.8, 4) is 0 Å². The monoisotopic (exact) mass is 321 g/mol. The van der Waals surface area contributed by atoms with Gasteiger partial charge in [0.25, 0.3) is 0 Å². The molecule has 0 fully saturated rings. The highest BCUT2D eigenvalue weighted by Crippen LogP contribution is 2.15. The molecule has 0 aliphatic heterocycles. The van der Waals surface area contributed by atoms with Crippen LogP contribution < -0.4 is 10.6 Å². The van der Waals surface area contributed by atoms with Gasteiger partial charge in [0.2, 0.25) is 0 Å². The van der Waals surface area contributed by atoms with Crippen LogP contribution in [0.3, 0.4) is 0 Å². The third-order valence-electron chi connectivity index (χ3n) is 2.28. The quantitative estimate of drug-likeness (QED) is 0.850. The number of benzene rings is 1. The van der Waals surface area contributed by atoms with Crippen molar-refractivity contribution in [2.24, 2.45) is 0 Å². The molecule has 0 unspecified atom stereocenters. The zero-order valence-corrected chi connectivity index (χ0v) is 12.0. The number of pyridine rings is 1. The number of nitrogens with zero attached hydrogens (tertiary/aromatic N) is 1. The Morgan fingerprint density at radius 1 is 1.22 bits per heavy atom. The van der Waals surface area contributed by atoms with Crippen LogP contribution in [-0.4, -0.2) is 10.1 Å². The summed E-state index contributed by atoms with van der Waals surface area (Å²) in [7, 11) is 0. The van der Waals surface area contributed by atoms with E-state index in [4.69, 9.17) is 12.2 Å². The molecular formula is C13H12BrN3S. The summed E-state index contributed by atoms with van der Waals surface area (Å²) in [6, 6.07) is 11.8.